The fourth-order valence-electron chi connectivity index (χ4n) is 2.55. The smallest absolute Gasteiger partial charge is 0.418 e. The van der Waals surface area contributed by atoms with Gasteiger partial charge in [-0.1, -0.05) is 12.1 Å². The van der Waals surface area contributed by atoms with Crippen molar-refractivity contribution in [3.63, 3.8) is 0 Å². The summed E-state index contributed by atoms with van der Waals surface area (Å²) in [6.45, 7) is 1.18. The maximum atomic E-state index is 13.3. The lowest BCUT2D eigenvalue weighted by atomic mass is 10.1. The first kappa shape index (κ1) is 21.8. The molecule has 0 fully saturated rings. The number of para-hydroxylation sites is 1. The van der Waals surface area contributed by atoms with E-state index in [0.29, 0.717) is 17.1 Å². The van der Waals surface area contributed by atoms with Crippen molar-refractivity contribution >= 4 is 29.3 Å². The van der Waals surface area contributed by atoms with Gasteiger partial charge < -0.3 is 20.1 Å². The predicted molar refractivity (Wildman–Crippen MR) is 103 cm³/mol. The zero-order valence-corrected chi connectivity index (χ0v) is 15.9. The van der Waals surface area contributed by atoms with E-state index in [-0.39, 0.29) is 5.69 Å². The van der Waals surface area contributed by atoms with Gasteiger partial charge in [-0.2, -0.15) is 13.2 Å². The first-order valence-corrected chi connectivity index (χ1v) is 8.34. The molecule has 0 spiro atoms. The Morgan fingerprint density at radius 1 is 1.03 bits per heavy atom. The summed E-state index contributed by atoms with van der Waals surface area (Å²) in [5.41, 5.74) is -1.03. The summed E-state index contributed by atoms with van der Waals surface area (Å²) in [5.74, 6) is -0.449. The molecule has 2 aromatic carbocycles. The molecule has 0 atom stereocenters. The number of hydrogen-bond acceptors (Lipinski definition) is 4. The van der Waals surface area contributed by atoms with Crippen LogP contribution in [0, 0.1) is 0 Å². The van der Waals surface area contributed by atoms with Gasteiger partial charge in [0.05, 0.1) is 25.5 Å². The number of nitrogens with one attached hydrogen (secondary N) is 2. The third kappa shape index (κ3) is 5.74. The molecule has 154 valence electrons. The summed E-state index contributed by atoms with van der Waals surface area (Å²) < 4.78 is 50.4. The molecule has 0 aliphatic carbocycles. The molecule has 2 amide bonds. The Kier molecular flexibility index (Phi) is 6.87. The van der Waals surface area contributed by atoms with Crippen LogP contribution in [0.25, 0.3) is 6.08 Å². The van der Waals surface area contributed by atoms with E-state index < -0.39 is 29.2 Å². The molecule has 6 nitrogen and oxygen atoms in total. The van der Waals surface area contributed by atoms with E-state index >= 15 is 0 Å². The summed E-state index contributed by atoms with van der Waals surface area (Å²) in [5, 5.41) is 4.48. The molecule has 0 saturated heterocycles. The first-order valence-electron chi connectivity index (χ1n) is 8.34. The molecule has 2 N–H and O–H groups in total. The molecule has 29 heavy (non-hydrogen) atoms. The summed E-state index contributed by atoms with van der Waals surface area (Å²) in [6, 6.07) is 8.11. The number of amides is 2. The first-order chi connectivity index (χ1) is 13.7. The van der Waals surface area contributed by atoms with E-state index in [1.54, 1.807) is 18.2 Å². The van der Waals surface area contributed by atoms with Crippen molar-refractivity contribution in [2.24, 2.45) is 0 Å². The van der Waals surface area contributed by atoms with Crippen LogP contribution in [0.2, 0.25) is 0 Å². The van der Waals surface area contributed by atoms with Crippen molar-refractivity contribution in [3.05, 3.63) is 53.6 Å². The molecule has 0 aliphatic heterocycles. The zero-order valence-electron chi connectivity index (χ0n) is 15.9. The summed E-state index contributed by atoms with van der Waals surface area (Å²) in [7, 11) is 2.89. The highest BCUT2D eigenvalue weighted by Gasteiger charge is 2.34. The van der Waals surface area contributed by atoms with Gasteiger partial charge in [0, 0.05) is 24.3 Å². The minimum absolute atomic E-state index is 0.0283. The van der Waals surface area contributed by atoms with Crippen molar-refractivity contribution in [2.75, 3.05) is 24.9 Å². The molecule has 0 aliphatic rings. The number of methoxy groups -OCH3 is 2. The van der Waals surface area contributed by atoms with Gasteiger partial charge in [-0.3, -0.25) is 9.59 Å². The van der Waals surface area contributed by atoms with E-state index in [2.05, 4.69) is 10.6 Å². The molecule has 0 aromatic heterocycles. The van der Waals surface area contributed by atoms with Crippen LogP contribution in [0.15, 0.2) is 42.5 Å². The van der Waals surface area contributed by atoms with Gasteiger partial charge in [-0.05, 0) is 30.3 Å². The number of benzene rings is 2. The minimum Gasteiger partial charge on any atom is -0.493 e. The molecule has 0 bridgehead atoms. The van der Waals surface area contributed by atoms with Crippen LogP contribution in [0.3, 0.4) is 0 Å². The molecule has 0 unspecified atom stereocenters. The largest absolute Gasteiger partial charge is 0.493 e. The number of carbonyl (C=O) groups is 2. The zero-order chi connectivity index (χ0) is 21.6. The second-order valence-corrected chi connectivity index (χ2v) is 5.84. The second-order valence-electron chi connectivity index (χ2n) is 5.84. The van der Waals surface area contributed by atoms with Crippen LogP contribution >= 0.6 is 0 Å². The van der Waals surface area contributed by atoms with Crippen LogP contribution < -0.4 is 20.1 Å². The average Bonchev–Trinajstić information content (AvgIpc) is 2.65. The highest BCUT2D eigenvalue weighted by atomic mass is 19.4. The third-order valence-electron chi connectivity index (χ3n) is 3.75. The molecule has 2 aromatic rings. The molecule has 2 rings (SSSR count). The van der Waals surface area contributed by atoms with Crippen LogP contribution in [-0.4, -0.2) is 26.0 Å². The third-order valence-corrected chi connectivity index (χ3v) is 3.75. The van der Waals surface area contributed by atoms with Crippen molar-refractivity contribution in [2.45, 2.75) is 13.1 Å². The van der Waals surface area contributed by atoms with Crippen LogP contribution in [0.4, 0.5) is 24.5 Å². The number of alkyl halides is 3. The molecule has 0 saturated carbocycles. The van der Waals surface area contributed by atoms with Crippen LogP contribution in [0.1, 0.15) is 18.1 Å². The standard InChI is InChI=1S/C20H19F3N2O4/c1-12(26)24-14-8-9-16(15(11-14)20(21,22)23)25-18(27)10-7-13-5-4-6-17(28-2)19(13)29-3/h4-11H,1-3H3,(H,24,26)(H,25,27). The van der Waals surface area contributed by atoms with Gasteiger partial charge in [0.25, 0.3) is 0 Å². The summed E-state index contributed by atoms with van der Waals surface area (Å²) >= 11 is 0. The number of rotatable bonds is 6. The Morgan fingerprint density at radius 3 is 2.34 bits per heavy atom. The number of anilines is 2. The van der Waals surface area contributed by atoms with Gasteiger partial charge in [0.2, 0.25) is 11.8 Å². The molecule has 0 radical (unpaired) electrons. The van der Waals surface area contributed by atoms with E-state index in [4.69, 9.17) is 9.47 Å². The van der Waals surface area contributed by atoms with Gasteiger partial charge >= 0.3 is 6.18 Å². The fourth-order valence-corrected chi connectivity index (χ4v) is 2.55. The number of halogens is 3. The summed E-state index contributed by atoms with van der Waals surface area (Å²) in [6.07, 6.45) is -2.24. The SMILES string of the molecule is COc1cccc(C=CC(=O)Nc2ccc(NC(C)=O)cc2C(F)(F)F)c1OC. The predicted octanol–water partition coefficient (Wildman–Crippen LogP) is 4.33. The summed E-state index contributed by atoms with van der Waals surface area (Å²) in [4.78, 5) is 23.2. The number of ether oxygens (including phenoxy) is 2. The Hall–Kier alpha value is -3.49. The lowest BCUT2D eigenvalue weighted by Gasteiger charge is -2.15. The minimum atomic E-state index is -4.73. The number of hydrogen-bond donors (Lipinski definition) is 2. The highest BCUT2D eigenvalue weighted by molar-refractivity contribution is 6.03. The van der Waals surface area contributed by atoms with Crippen molar-refractivity contribution in [1.82, 2.24) is 0 Å². The van der Waals surface area contributed by atoms with Crippen molar-refractivity contribution < 1.29 is 32.2 Å². The highest BCUT2D eigenvalue weighted by Crippen LogP contribution is 2.37. The van der Waals surface area contributed by atoms with Gasteiger partial charge in [0.15, 0.2) is 11.5 Å². The average molecular weight is 408 g/mol. The van der Waals surface area contributed by atoms with E-state index in [9.17, 15) is 22.8 Å². The van der Waals surface area contributed by atoms with Crippen molar-refractivity contribution in [3.8, 4) is 11.5 Å². The second kappa shape index (κ2) is 9.13. The maximum absolute atomic E-state index is 13.3. The van der Waals surface area contributed by atoms with E-state index in [1.165, 1.54) is 33.3 Å². The monoisotopic (exact) mass is 408 g/mol. The molecule has 0 heterocycles. The van der Waals surface area contributed by atoms with E-state index in [0.717, 1.165) is 18.2 Å². The van der Waals surface area contributed by atoms with E-state index in [1.807, 2.05) is 0 Å². The normalized spacial score (nSPS) is 11.2. The van der Waals surface area contributed by atoms with Crippen LogP contribution in [0.5, 0.6) is 11.5 Å². The van der Waals surface area contributed by atoms with Gasteiger partial charge in [-0.15, -0.1) is 0 Å². The topological polar surface area (TPSA) is 76.7 Å². The molecular weight excluding hydrogens is 389 g/mol. The fraction of sp³-hybridized carbons (Fsp3) is 0.200. The Morgan fingerprint density at radius 2 is 1.76 bits per heavy atom. The van der Waals surface area contributed by atoms with Gasteiger partial charge in [0.1, 0.15) is 0 Å². The Bertz CT molecular complexity index is 940. The number of carbonyl (C=O) groups excluding carboxylic acids is 2. The Labute approximate surface area is 165 Å². The molecular formula is C20H19F3N2O4. The maximum Gasteiger partial charge on any atom is 0.418 e. The lowest BCUT2D eigenvalue weighted by molar-refractivity contribution is -0.137. The van der Waals surface area contributed by atoms with Gasteiger partial charge in [-0.25, -0.2) is 0 Å². The Balaban J connectivity index is 2.27. The quantitative estimate of drug-likeness (QED) is 0.698. The molecule has 9 heteroatoms. The van der Waals surface area contributed by atoms with Crippen LogP contribution in [-0.2, 0) is 15.8 Å². The van der Waals surface area contributed by atoms with Crippen molar-refractivity contribution in [1.29, 1.82) is 0 Å². The lowest BCUT2D eigenvalue weighted by Crippen LogP contribution is -2.16.